The lowest BCUT2D eigenvalue weighted by molar-refractivity contribution is -0.140. The SMILES string of the molecule is CCC(C)NC(=O)C(Cc1ccc(O)cc1)NC(=O)CNC(=O)CCC(NC(=O)C(CC(N)=O)NC(=O)C(CCC(N)=O)NC(C)=O)C(=O)N(C)CC(=O)NC(Cc1c[nH]c2ccccc12)C(=O)NCC(N)=O. The first kappa shape index (κ1) is 58.7. The van der Waals surface area contributed by atoms with Gasteiger partial charge in [-0.25, -0.2) is 0 Å². The van der Waals surface area contributed by atoms with Crippen LogP contribution in [0.4, 0.5) is 0 Å². The zero-order chi connectivity index (χ0) is 54.4. The number of nitrogens with two attached hydrogens (primary N) is 3. The molecule has 0 saturated heterocycles. The van der Waals surface area contributed by atoms with E-state index < -0.39 is 140 Å². The van der Waals surface area contributed by atoms with E-state index in [0.717, 1.165) is 22.7 Å². The first-order valence-corrected chi connectivity index (χ1v) is 23.2. The number of phenols is 1. The molecule has 396 valence electrons. The number of fused-ring (bicyclic) bond motifs is 1. The molecule has 0 saturated carbocycles. The molecule has 73 heavy (non-hydrogen) atoms. The second kappa shape index (κ2) is 28.9. The molecule has 26 nitrogen and oxygen atoms in total. The van der Waals surface area contributed by atoms with Crippen LogP contribution < -0.4 is 59.7 Å². The Morgan fingerprint density at radius 3 is 1.85 bits per heavy atom. The van der Waals surface area contributed by atoms with Crippen LogP contribution in [0.3, 0.4) is 0 Å². The van der Waals surface area contributed by atoms with Crippen LogP contribution in [0.5, 0.6) is 5.75 Å². The topological polar surface area (TPSA) is 418 Å². The fraction of sp³-hybridized carbons (Fsp3) is 0.447. The highest BCUT2D eigenvalue weighted by Crippen LogP contribution is 2.19. The van der Waals surface area contributed by atoms with Gasteiger partial charge in [-0.3, -0.25) is 57.5 Å². The van der Waals surface area contributed by atoms with Crippen molar-refractivity contribution in [2.45, 2.75) is 108 Å². The van der Waals surface area contributed by atoms with Crippen LogP contribution in [-0.2, 0) is 70.4 Å². The number of benzene rings is 2. The monoisotopic (exact) mass is 1020 g/mol. The van der Waals surface area contributed by atoms with Gasteiger partial charge in [0.25, 0.3) is 0 Å². The molecule has 0 aliphatic rings. The molecule has 0 radical (unpaired) electrons. The number of aromatic hydroxyl groups is 1. The van der Waals surface area contributed by atoms with Gasteiger partial charge in [0.2, 0.25) is 70.9 Å². The molecule has 0 fully saturated rings. The lowest BCUT2D eigenvalue weighted by Gasteiger charge is -2.27. The third-order valence-electron chi connectivity index (χ3n) is 11.1. The molecule has 1 heterocycles. The van der Waals surface area contributed by atoms with E-state index in [4.69, 9.17) is 17.2 Å². The number of nitrogens with one attached hydrogen (secondary N) is 9. The second-order valence-electron chi connectivity index (χ2n) is 17.2. The minimum atomic E-state index is -1.80. The quantitative estimate of drug-likeness (QED) is 0.0304. The number of nitrogens with zero attached hydrogens (tertiary/aromatic N) is 1. The maximum absolute atomic E-state index is 14.2. The van der Waals surface area contributed by atoms with Gasteiger partial charge in [0.1, 0.15) is 36.0 Å². The van der Waals surface area contributed by atoms with Crippen molar-refractivity contribution in [3.8, 4) is 5.75 Å². The maximum Gasteiger partial charge on any atom is 0.245 e. The van der Waals surface area contributed by atoms with Gasteiger partial charge in [0.15, 0.2) is 0 Å². The summed E-state index contributed by atoms with van der Waals surface area (Å²) < 4.78 is 0. The molecule has 3 rings (SSSR count). The van der Waals surface area contributed by atoms with E-state index in [0.29, 0.717) is 17.5 Å². The summed E-state index contributed by atoms with van der Waals surface area (Å²) >= 11 is 0. The number of primary amides is 3. The minimum Gasteiger partial charge on any atom is -0.508 e. The van der Waals surface area contributed by atoms with E-state index in [1.54, 1.807) is 49.5 Å². The van der Waals surface area contributed by atoms with E-state index in [-0.39, 0.29) is 37.5 Å². The number of hydrogen-bond donors (Lipinski definition) is 13. The van der Waals surface area contributed by atoms with Crippen LogP contribution in [0.15, 0.2) is 54.7 Å². The zero-order valence-corrected chi connectivity index (χ0v) is 41.0. The summed E-state index contributed by atoms with van der Waals surface area (Å²) in [4.78, 5) is 159. The average molecular weight is 1020 g/mol. The Hall–Kier alpha value is -8.58. The molecule has 16 N–H and O–H groups in total. The summed E-state index contributed by atoms with van der Waals surface area (Å²) in [7, 11) is 1.17. The summed E-state index contributed by atoms with van der Waals surface area (Å²) in [5.74, 6) is -10.4. The van der Waals surface area contributed by atoms with E-state index in [9.17, 15) is 62.6 Å². The number of amides is 12. The van der Waals surface area contributed by atoms with Crippen molar-refractivity contribution in [2.24, 2.45) is 17.2 Å². The molecule has 6 unspecified atom stereocenters. The molecule has 0 aliphatic heterocycles. The van der Waals surface area contributed by atoms with E-state index in [1.807, 2.05) is 6.92 Å². The summed E-state index contributed by atoms with van der Waals surface area (Å²) in [5, 5.41) is 30.1. The second-order valence-corrected chi connectivity index (χ2v) is 17.2. The highest BCUT2D eigenvalue weighted by molar-refractivity contribution is 5.98. The number of rotatable bonds is 30. The van der Waals surface area contributed by atoms with Crippen molar-refractivity contribution < 1.29 is 62.6 Å². The Bertz CT molecular complexity index is 2500. The standard InChI is InChI=1S/C47H65N13O13/c1-5-25(2)54-45(71)34(18-27-10-12-29(62)13-11-27)56-41(67)23-52-40(66)17-15-33(58-46(72)36(20-38(49)64)59-44(70)32(55-26(3)61)14-16-37(48)63)47(73)60(4)24-42(68)57-35(43(69)53-22-39(50)65)19-28-21-51-31-9-7-6-8-30(28)31/h6-13,21,25,32-36,51,62H,5,14-20,22-24H2,1-4H3,(H2,48,63)(H2,49,64)(H2,50,65)(H,52,66)(H,53,69)(H,54,71)(H,55,61)(H,56,67)(H,57,68)(H,58,72)(H,59,70). The van der Waals surface area contributed by atoms with Crippen molar-refractivity contribution in [2.75, 3.05) is 26.7 Å². The highest BCUT2D eigenvalue weighted by Gasteiger charge is 2.33. The number of hydrogen-bond acceptors (Lipinski definition) is 13. The molecule has 0 bridgehead atoms. The Morgan fingerprint density at radius 2 is 1.22 bits per heavy atom. The Morgan fingerprint density at radius 1 is 0.616 bits per heavy atom. The third-order valence-corrected chi connectivity index (χ3v) is 11.1. The molecule has 0 aliphatic carbocycles. The number of likely N-dealkylation sites (N-methyl/N-ethyl adjacent to an activating group) is 1. The molecular weight excluding hydrogens is 955 g/mol. The van der Waals surface area contributed by atoms with Gasteiger partial charge in [0.05, 0.1) is 26.1 Å². The predicted octanol–water partition coefficient (Wildman–Crippen LogP) is -3.89. The van der Waals surface area contributed by atoms with Crippen molar-refractivity contribution in [1.29, 1.82) is 0 Å². The fourth-order valence-electron chi connectivity index (χ4n) is 7.15. The third kappa shape index (κ3) is 20.7. The van der Waals surface area contributed by atoms with Crippen LogP contribution in [0, 0.1) is 0 Å². The smallest absolute Gasteiger partial charge is 0.245 e. The summed E-state index contributed by atoms with van der Waals surface area (Å²) in [6, 6.07) is 5.59. The molecule has 12 amide bonds. The maximum atomic E-state index is 14.2. The van der Waals surface area contributed by atoms with Crippen molar-refractivity contribution in [1.82, 2.24) is 52.4 Å². The first-order chi connectivity index (χ1) is 34.4. The van der Waals surface area contributed by atoms with Crippen LogP contribution in [0.1, 0.15) is 70.4 Å². The molecule has 26 heteroatoms. The van der Waals surface area contributed by atoms with Crippen molar-refractivity contribution >= 4 is 81.8 Å². The summed E-state index contributed by atoms with van der Waals surface area (Å²) in [6.45, 7) is 2.77. The largest absolute Gasteiger partial charge is 0.508 e. The number of carbonyl (C=O) groups excluding carboxylic acids is 12. The molecule has 3 aromatic rings. The minimum absolute atomic E-state index is 0.00787. The van der Waals surface area contributed by atoms with Crippen LogP contribution in [-0.4, -0.2) is 149 Å². The number of para-hydroxylation sites is 1. The van der Waals surface area contributed by atoms with E-state index in [1.165, 1.54) is 19.2 Å². The normalized spacial score (nSPS) is 13.3. The number of H-pyrrole nitrogens is 1. The summed E-state index contributed by atoms with van der Waals surface area (Å²) in [6.07, 6.45) is -0.398. The number of aromatic amines is 1. The summed E-state index contributed by atoms with van der Waals surface area (Å²) in [5.41, 5.74) is 17.8. The van der Waals surface area contributed by atoms with Crippen LogP contribution in [0.2, 0.25) is 0 Å². The molecule has 1 aromatic heterocycles. The van der Waals surface area contributed by atoms with Crippen molar-refractivity contribution in [3.05, 3.63) is 65.9 Å². The van der Waals surface area contributed by atoms with Gasteiger partial charge in [-0.1, -0.05) is 37.3 Å². The molecular formula is C47H65N13O13. The Kier molecular flexibility index (Phi) is 23.3. The molecule has 6 atom stereocenters. The van der Waals surface area contributed by atoms with Crippen LogP contribution >= 0.6 is 0 Å². The Labute approximate surface area is 419 Å². The predicted molar refractivity (Wildman–Crippen MR) is 261 cm³/mol. The Balaban J connectivity index is 1.85. The fourth-order valence-corrected chi connectivity index (χ4v) is 7.15. The van der Waals surface area contributed by atoms with Gasteiger partial charge in [-0.15, -0.1) is 0 Å². The van der Waals surface area contributed by atoms with Gasteiger partial charge >= 0.3 is 0 Å². The van der Waals surface area contributed by atoms with E-state index in [2.05, 4.69) is 47.5 Å². The number of carbonyl (C=O) groups is 12. The number of aromatic nitrogens is 1. The van der Waals surface area contributed by atoms with Crippen molar-refractivity contribution in [3.63, 3.8) is 0 Å². The average Bonchev–Trinajstić information content (AvgIpc) is 3.74. The van der Waals surface area contributed by atoms with Crippen LogP contribution in [0.25, 0.3) is 10.9 Å². The zero-order valence-electron chi connectivity index (χ0n) is 41.0. The van der Waals surface area contributed by atoms with Gasteiger partial charge in [-0.2, -0.15) is 0 Å². The molecule has 2 aromatic carbocycles. The highest BCUT2D eigenvalue weighted by atomic mass is 16.3. The molecule has 0 spiro atoms. The lowest BCUT2D eigenvalue weighted by Crippen LogP contribution is -2.58. The van der Waals surface area contributed by atoms with Gasteiger partial charge in [0, 0.05) is 62.8 Å². The number of phenolic OH excluding ortho intramolecular Hbond substituents is 1. The van der Waals surface area contributed by atoms with E-state index >= 15 is 0 Å². The first-order valence-electron chi connectivity index (χ1n) is 23.2. The van der Waals surface area contributed by atoms with Gasteiger partial charge < -0.3 is 74.7 Å². The lowest BCUT2D eigenvalue weighted by atomic mass is 10.0. The van der Waals surface area contributed by atoms with Gasteiger partial charge in [-0.05, 0) is 55.5 Å².